The molecule has 0 fully saturated rings. The van der Waals surface area contributed by atoms with E-state index < -0.39 is 0 Å². The van der Waals surface area contributed by atoms with Crippen molar-refractivity contribution in [2.24, 2.45) is 0 Å². The number of rotatable bonds is 5. The Morgan fingerprint density at radius 2 is 1.77 bits per heavy atom. The Hall–Kier alpha value is -3.01. The van der Waals surface area contributed by atoms with Gasteiger partial charge in [0.15, 0.2) is 0 Å². The molecule has 1 atom stereocenters. The Bertz CT molecular complexity index is 904. The number of carbonyl (C=O) groups is 1. The molecule has 0 radical (unpaired) electrons. The highest BCUT2D eigenvalue weighted by Gasteiger charge is 2.11. The van der Waals surface area contributed by atoms with Crippen molar-refractivity contribution in [2.45, 2.75) is 32.7 Å². The molecule has 4 nitrogen and oxygen atoms in total. The van der Waals surface area contributed by atoms with Gasteiger partial charge in [0.1, 0.15) is 5.75 Å². The molecule has 26 heavy (non-hydrogen) atoms. The number of aromatic hydroxyl groups is 1. The summed E-state index contributed by atoms with van der Waals surface area (Å²) in [5.41, 5.74) is 3.03. The molecule has 2 amide bonds. The lowest BCUT2D eigenvalue weighted by atomic mass is 10.0. The number of nitrogens with one attached hydrogen (secondary N) is 2. The number of aryl methyl sites for hydroxylation is 2. The summed E-state index contributed by atoms with van der Waals surface area (Å²) in [6.45, 7) is 3.99. The van der Waals surface area contributed by atoms with Gasteiger partial charge in [-0.15, -0.1) is 0 Å². The molecule has 3 aromatic carbocycles. The van der Waals surface area contributed by atoms with Crippen molar-refractivity contribution in [3.63, 3.8) is 0 Å². The lowest BCUT2D eigenvalue weighted by molar-refractivity contribution is 0.248. The fraction of sp³-hybridized carbons (Fsp3) is 0.227. The first-order valence-corrected chi connectivity index (χ1v) is 8.86. The van der Waals surface area contributed by atoms with Gasteiger partial charge in [0.05, 0.1) is 5.69 Å². The van der Waals surface area contributed by atoms with Crippen molar-refractivity contribution >= 4 is 22.5 Å². The summed E-state index contributed by atoms with van der Waals surface area (Å²) < 4.78 is 0. The van der Waals surface area contributed by atoms with Crippen molar-refractivity contribution in [2.75, 3.05) is 5.32 Å². The second-order valence-corrected chi connectivity index (χ2v) is 6.68. The average molecular weight is 348 g/mol. The van der Waals surface area contributed by atoms with Crippen LogP contribution in [-0.2, 0) is 6.42 Å². The lowest BCUT2D eigenvalue weighted by Gasteiger charge is -2.17. The number of benzene rings is 3. The van der Waals surface area contributed by atoms with Crippen LogP contribution in [0.3, 0.4) is 0 Å². The van der Waals surface area contributed by atoms with Crippen molar-refractivity contribution in [1.29, 1.82) is 0 Å². The third-order valence-corrected chi connectivity index (χ3v) is 4.56. The number of amides is 2. The van der Waals surface area contributed by atoms with Crippen LogP contribution in [0.2, 0.25) is 0 Å². The molecule has 3 aromatic rings. The average Bonchev–Trinajstić information content (AvgIpc) is 2.63. The SMILES string of the molecule is Cc1ccc2ccccc2c1NC(=O)NC(C)CCc1ccc(O)cc1. The van der Waals surface area contributed by atoms with E-state index in [4.69, 9.17) is 0 Å². The van der Waals surface area contributed by atoms with Crippen molar-refractivity contribution in [1.82, 2.24) is 5.32 Å². The maximum absolute atomic E-state index is 12.4. The van der Waals surface area contributed by atoms with Crippen LogP contribution in [0, 0.1) is 6.92 Å². The monoisotopic (exact) mass is 348 g/mol. The predicted molar refractivity (Wildman–Crippen MR) is 107 cm³/mol. The molecular weight excluding hydrogens is 324 g/mol. The van der Waals surface area contributed by atoms with Crippen LogP contribution in [-0.4, -0.2) is 17.2 Å². The Labute approximate surface area is 153 Å². The number of hydrogen-bond acceptors (Lipinski definition) is 2. The summed E-state index contributed by atoms with van der Waals surface area (Å²) in [6, 6.07) is 19.1. The van der Waals surface area contributed by atoms with Gasteiger partial charge in [0.25, 0.3) is 0 Å². The lowest BCUT2D eigenvalue weighted by Crippen LogP contribution is -2.36. The van der Waals surface area contributed by atoms with Gasteiger partial charge in [-0.1, -0.05) is 48.5 Å². The number of urea groups is 1. The fourth-order valence-electron chi connectivity index (χ4n) is 3.04. The van der Waals surface area contributed by atoms with Gasteiger partial charge in [-0.25, -0.2) is 4.79 Å². The third kappa shape index (κ3) is 4.33. The Morgan fingerprint density at radius 3 is 2.54 bits per heavy atom. The van der Waals surface area contributed by atoms with Gasteiger partial charge in [0, 0.05) is 11.4 Å². The van der Waals surface area contributed by atoms with Crippen LogP contribution >= 0.6 is 0 Å². The number of anilines is 1. The van der Waals surface area contributed by atoms with Crippen molar-refractivity contribution in [3.05, 3.63) is 71.8 Å². The van der Waals surface area contributed by atoms with Crippen LogP contribution in [0.25, 0.3) is 10.8 Å². The van der Waals surface area contributed by atoms with Crippen LogP contribution in [0.5, 0.6) is 5.75 Å². The molecule has 0 saturated heterocycles. The molecule has 0 aliphatic heterocycles. The maximum Gasteiger partial charge on any atom is 0.319 e. The first-order chi connectivity index (χ1) is 12.5. The molecule has 3 N–H and O–H groups in total. The molecule has 0 saturated carbocycles. The summed E-state index contributed by atoms with van der Waals surface area (Å²) in [5, 5.41) is 17.5. The van der Waals surface area contributed by atoms with Gasteiger partial charge >= 0.3 is 6.03 Å². The van der Waals surface area contributed by atoms with E-state index in [1.165, 1.54) is 0 Å². The van der Waals surface area contributed by atoms with E-state index in [0.29, 0.717) is 0 Å². The molecule has 134 valence electrons. The number of hydrogen-bond donors (Lipinski definition) is 3. The number of fused-ring (bicyclic) bond motifs is 1. The molecule has 0 bridgehead atoms. The molecule has 0 spiro atoms. The number of phenolic OH excluding ortho intramolecular Hbond substituents is 1. The minimum absolute atomic E-state index is 0.0408. The highest BCUT2D eigenvalue weighted by Crippen LogP contribution is 2.27. The van der Waals surface area contributed by atoms with Crippen molar-refractivity contribution in [3.8, 4) is 5.75 Å². The Kier molecular flexibility index (Phi) is 5.42. The van der Waals surface area contributed by atoms with Gasteiger partial charge in [-0.2, -0.15) is 0 Å². The van der Waals surface area contributed by atoms with E-state index >= 15 is 0 Å². The molecule has 4 heteroatoms. The quantitative estimate of drug-likeness (QED) is 0.608. The smallest absolute Gasteiger partial charge is 0.319 e. The van der Waals surface area contributed by atoms with E-state index in [1.54, 1.807) is 12.1 Å². The zero-order valence-corrected chi connectivity index (χ0v) is 15.1. The highest BCUT2D eigenvalue weighted by atomic mass is 16.3. The normalized spacial score (nSPS) is 11.9. The molecule has 0 aliphatic rings. The van der Waals surface area contributed by atoms with E-state index in [1.807, 2.05) is 56.3 Å². The molecule has 1 unspecified atom stereocenters. The van der Waals surface area contributed by atoms with Gasteiger partial charge in [0.2, 0.25) is 0 Å². The summed E-state index contributed by atoms with van der Waals surface area (Å²) in [5.74, 6) is 0.268. The van der Waals surface area contributed by atoms with E-state index in [2.05, 4.69) is 16.7 Å². The van der Waals surface area contributed by atoms with Crippen molar-refractivity contribution < 1.29 is 9.90 Å². The Balaban J connectivity index is 1.60. The number of carbonyl (C=O) groups excluding carboxylic acids is 1. The van der Waals surface area contributed by atoms with Crippen LogP contribution in [0.15, 0.2) is 60.7 Å². The zero-order valence-electron chi connectivity index (χ0n) is 15.1. The largest absolute Gasteiger partial charge is 0.508 e. The van der Waals surface area contributed by atoms with Gasteiger partial charge in [-0.3, -0.25) is 0 Å². The fourth-order valence-corrected chi connectivity index (χ4v) is 3.04. The molecule has 0 aromatic heterocycles. The second-order valence-electron chi connectivity index (χ2n) is 6.68. The topological polar surface area (TPSA) is 61.4 Å². The van der Waals surface area contributed by atoms with Crippen LogP contribution in [0.4, 0.5) is 10.5 Å². The summed E-state index contributed by atoms with van der Waals surface area (Å²) in [4.78, 5) is 12.4. The highest BCUT2D eigenvalue weighted by molar-refractivity contribution is 6.02. The minimum atomic E-state index is -0.192. The van der Waals surface area contributed by atoms with Gasteiger partial charge < -0.3 is 15.7 Å². The molecule has 0 heterocycles. The summed E-state index contributed by atoms with van der Waals surface area (Å²) in [7, 11) is 0. The van der Waals surface area contributed by atoms with Crippen LogP contribution < -0.4 is 10.6 Å². The first kappa shape index (κ1) is 17.8. The zero-order chi connectivity index (χ0) is 18.5. The van der Waals surface area contributed by atoms with Gasteiger partial charge in [-0.05, 0) is 55.3 Å². The third-order valence-electron chi connectivity index (χ3n) is 4.56. The maximum atomic E-state index is 12.4. The molecule has 0 aliphatic carbocycles. The molecule has 3 rings (SSSR count). The molecular formula is C22H24N2O2. The van der Waals surface area contributed by atoms with E-state index in [0.717, 1.165) is 40.4 Å². The standard InChI is InChI=1S/C22H24N2O2/c1-15-7-12-18-5-3-4-6-20(18)21(15)24-22(26)23-16(2)8-9-17-10-13-19(25)14-11-17/h3-7,10-14,16,25H,8-9H2,1-2H3,(H2,23,24,26). The van der Waals surface area contributed by atoms with Crippen LogP contribution in [0.1, 0.15) is 24.5 Å². The second kappa shape index (κ2) is 7.91. The van der Waals surface area contributed by atoms with E-state index in [-0.39, 0.29) is 17.8 Å². The number of phenols is 1. The summed E-state index contributed by atoms with van der Waals surface area (Å²) >= 11 is 0. The Morgan fingerprint density at radius 1 is 1.04 bits per heavy atom. The predicted octanol–water partition coefficient (Wildman–Crippen LogP) is 5.00. The van der Waals surface area contributed by atoms with E-state index in [9.17, 15) is 9.90 Å². The summed E-state index contributed by atoms with van der Waals surface area (Å²) in [6.07, 6.45) is 1.67. The minimum Gasteiger partial charge on any atom is -0.508 e. The first-order valence-electron chi connectivity index (χ1n) is 8.86.